The minimum absolute atomic E-state index is 0.155. The van der Waals surface area contributed by atoms with Crippen molar-refractivity contribution in [2.75, 3.05) is 0 Å². The van der Waals surface area contributed by atoms with Gasteiger partial charge in [0.25, 0.3) is 0 Å². The Morgan fingerprint density at radius 3 is 2.67 bits per heavy atom. The molecule has 1 aromatic heterocycles. The van der Waals surface area contributed by atoms with E-state index in [0.717, 1.165) is 0 Å². The smallest absolute Gasteiger partial charge is 0.202 e. The molecule has 1 heterocycles. The van der Waals surface area contributed by atoms with Gasteiger partial charge in [-0.1, -0.05) is 13.8 Å². The van der Waals surface area contributed by atoms with Crippen LogP contribution in [-0.2, 0) is 0 Å². The predicted molar refractivity (Wildman–Crippen MR) is 45.9 cm³/mol. The molecule has 0 spiro atoms. The van der Waals surface area contributed by atoms with Crippen LogP contribution in [0.2, 0.25) is 0 Å². The molecule has 0 unspecified atom stereocenters. The van der Waals surface area contributed by atoms with Crippen molar-refractivity contribution in [3.05, 3.63) is 33.7 Å². The van der Waals surface area contributed by atoms with E-state index in [1.54, 1.807) is 6.20 Å². The Bertz CT molecular complexity index is 371. The lowest BCUT2D eigenvalue weighted by molar-refractivity contribution is 0.846. The van der Waals surface area contributed by atoms with Crippen LogP contribution in [0.25, 0.3) is 0 Å². The zero-order valence-corrected chi connectivity index (χ0v) is 7.09. The Labute approximate surface area is 70.7 Å². The van der Waals surface area contributed by atoms with Crippen LogP contribution in [0.3, 0.4) is 0 Å². The number of nitriles is 1. The zero-order valence-electron chi connectivity index (χ0n) is 7.09. The van der Waals surface area contributed by atoms with E-state index in [0.29, 0.717) is 5.56 Å². The van der Waals surface area contributed by atoms with E-state index in [1.807, 2.05) is 19.9 Å². The summed E-state index contributed by atoms with van der Waals surface area (Å²) in [5.74, 6) is 0.155. The van der Waals surface area contributed by atoms with Crippen molar-refractivity contribution >= 4 is 0 Å². The number of aromatic amines is 1. The van der Waals surface area contributed by atoms with Crippen LogP contribution in [0.15, 0.2) is 17.2 Å². The molecular weight excluding hydrogens is 152 g/mol. The summed E-state index contributed by atoms with van der Waals surface area (Å²) in [5.41, 5.74) is 0.682. The maximum atomic E-state index is 11.4. The zero-order chi connectivity index (χ0) is 9.14. The van der Waals surface area contributed by atoms with Crippen LogP contribution in [0.4, 0.5) is 0 Å². The first-order chi connectivity index (χ1) is 5.66. The van der Waals surface area contributed by atoms with E-state index in [-0.39, 0.29) is 16.9 Å². The third kappa shape index (κ3) is 1.37. The summed E-state index contributed by atoms with van der Waals surface area (Å²) in [7, 11) is 0. The maximum absolute atomic E-state index is 11.4. The van der Waals surface area contributed by atoms with Gasteiger partial charge in [-0.25, -0.2) is 0 Å². The van der Waals surface area contributed by atoms with E-state index < -0.39 is 0 Å². The van der Waals surface area contributed by atoms with Gasteiger partial charge in [-0.2, -0.15) is 5.26 Å². The third-order valence-corrected chi connectivity index (χ3v) is 1.72. The van der Waals surface area contributed by atoms with Crippen molar-refractivity contribution in [1.82, 2.24) is 4.98 Å². The molecule has 0 amide bonds. The molecule has 0 saturated heterocycles. The van der Waals surface area contributed by atoms with Crippen molar-refractivity contribution < 1.29 is 0 Å². The molecule has 0 aliphatic heterocycles. The number of hydrogen-bond donors (Lipinski definition) is 1. The average molecular weight is 162 g/mol. The molecule has 3 heteroatoms. The van der Waals surface area contributed by atoms with Crippen molar-refractivity contribution in [3.63, 3.8) is 0 Å². The summed E-state index contributed by atoms with van der Waals surface area (Å²) in [4.78, 5) is 14.2. The molecule has 1 N–H and O–H groups in total. The summed E-state index contributed by atoms with van der Waals surface area (Å²) in [6, 6.07) is 1.85. The third-order valence-electron chi connectivity index (χ3n) is 1.72. The molecule has 0 saturated carbocycles. The number of aromatic nitrogens is 1. The number of nitrogens with one attached hydrogen (secondary N) is 1. The van der Waals surface area contributed by atoms with Gasteiger partial charge in [0.05, 0.1) is 0 Å². The summed E-state index contributed by atoms with van der Waals surface area (Å²) in [5, 5.41) is 8.55. The Morgan fingerprint density at radius 2 is 2.17 bits per heavy atom. The molecule has 1 aromatic rings. The van der Waals surface area contributed by atoms with Gasteiger partial charge >= 0.3 is 0 Å². The van der Waals surface area contributed by atoms with Crippen LogP contribution in [0.5, 0.6) is 0 Å². The van der Waals surface area contributed by atoms with Crippen LogP contribution in [-0.4, -0.2) is 4.98 Å². The van der Waals surface area contributed by atoms with E-state index in [2.05, 4.69) is 4.98 Å². The van der Waals surface area contributed by atoms with Crippen molar-refractivity contribution in [1.29, 1.82) is 5.26 Å². The highest BCUT2D eigenvalue weighted by Crippen LogP contribution is 2.07. The highest BCUT2D eigenvalue weighted by Gasteiger charge is 2.06. The summed E-state index contributed by atoms with van der Waals surface area (Å²) in [6.07, 6.45) is 3.07. The molecule has 0 radical (unpaired) electrons. The van der Waals surface area contributed by atoms with Crippen LogP contribution >= 0.6 is 0 Å². The second-order valence-electron chi connectivity index (χ2n) is 2.92. The predicted octanol–water partition coefficient (Wildman–Crippen LogP) is 1.37. The van der Waals surface area contributed by atoms with Gasteiger partial charge in [0.2, 0.25) is 5.43 Å². The van der Waals surface area contributed by atoms with E-state index in [1.165, 1.54) is 6.20 Å². The highest BCUT2D eigenvalue weighted by molar-refractivity contribution is 5.30. The standard InChI is InChI=1S/C9H10N2O/c1-6(2)8-5-11-4-7(3-10)9(8)12/h4-6H,1-2H3,(H,11,12). The fourth-order valence-electron chi connectivity index (χ4n) is 1.01. The van der Waals surface area contributed by atoms with Gasteiger partial charge in [0, 0.05) is 18.0 Å². The van der Waals surface area contributed by atoms with Crippen molar-refractivity contribution in [2.24, 2.45) is 0 Å². The van der Waals surface area contributed by atoms with E-state index in [9.17, 15) is 4.79 Å². The lowest BCUT2D eigenvalue weighted by atomic mass is 10.0. The number of hydrogen-bond acceptors (Lipinski definition) is 2. The quantitative estimate of drug-likeness (QED) is 0.678. The largest absolute Gasteiger partial charge is 0.366 e. The molecular formula is C9H10N2O. The number of rotatable bonds is 1. The normalized spacial score (nSPS) is 9.83. The molecule has 62 valence electrons. The molecule has 3 nitrogen and oxygen atoms in total. The Kier molecular flexibility index (Phi) is 2.29. The van der Waals surface area contributed by atoms with Crippen molar-refractivity contribution in [3.8, 4) is 6.07 Å². The first-order valence-electron chi connectivity index (χ1n) is 3.78. The first-order valence-corrected chi connectivity index (χ1v) is 3.78. The van der Waals surface area contributed by atoms with Gasteiger partial charge in [-0.3, -0.25) is 4.79 Å². The number of H-pyrrole nitrogens is 1. The second kappa shape index (κ2) is 3.22. The highest BCUT2D eigenvalue weighted by atomic mass is 16.1. The molecule has 0 atom stereocenters. The monoisotopic (exact) mass is 162 g/mol. The van der Waals surface area contributed by atoms with Gasteiger partial charge in [-0.15, -0.1) is 0 Å². The van der Waals surface area contributed by atoms with Crippen LogP contribution in [0, 0.1) is 11.3 Å². The molecule has 0 aliphatic carbocycles. The van der Waals surface area contributed by atoms with E-state index >= 15 is 0 Å². The minimum atomic E-state index is -0.161. The summed E-state index contributed by atoms with van der Waals surface area (Å²) < 4.78 is 0. The molecule has 0 aromatic carbocycles. The SMILES string of the molecule is CC(C)c1c[nH]cc(C#N)c1=O. The topological polar surface area (TPSA) is 56.6 Å². The number of pyridine rings is 1. The Morgan fingerprint density at radius 1 is 1.50 bits per heavy atom. The fraction of sp³-hybridized carbons (Fsp3) is 0.333. The molecule has 12 heavy (non-hydrogen) atoms. The summed E-state index contributed by atoms with van der Waals surface area (Å²) in [6.45, 7) is 3.84. The van der Waals surface area contributed by atoms with Crippen LogP contribution in [0.1, 0.15) is 30.9 Å². The van der Waals surface area contributed by atoms with Gasteiger partial charge in [0.15, 0.2) is 0 Å². The van der Waals surface area contributed by atoms with Gasteiger partial charge < -0.3 is 4.98 Å². The van der Waals surface area contributed by atoms with Gasteiger partial charge in [0.1, 0.15) is 11.6 Å². The number of nitrogens with zero attached hydrogens (tertiary/aromatic N) is 1. The van der Waals surface area contributed by atoms with Crippen molar-refractivity contribution in [2.45, 2.75) is 19.8 Å². The molecule has 0 fully saturated rings. The molecule has 0 aliphatic rings. The first kappa shape index (κ1) is 8.54. The average Bonchev–Trinajstić information content (AvgIpc) is 2.04. The Balaban J connectivity index is 3.36. The lowest BCUT2D eigenvalue weighted by Gasteiger charge is -2.02. The Hall–Kier alpha value is -1.56. The van der Waals surface area contributed by atoms with E-state index in [4.69, 9.17) is 5.26 Å². The maximum Gasteiger partial charge on any atom is 0.202 e. The lowest BCUT2D eigenvalue weighted by Crippen LogP contribution is -2.13. The fourth-order valence-corrected chi connectivity index (χ4v) is 1.01. The molecule has 0 bridgehead atoms. The molecule has 1 rings (SSSR count). The second-order valence-corrected chi connectivity index (χ2v) is 2.92. The van der Waals surface area contributed by atoms with Gasteiger partial charge in [-0.05, 0) is 5.92 Å². The summed E-state index contributed by atoms with van der Waals surface area (Å²) >= 11 is 0. The van der Waals surface area contributed by atoms with Crippen LogP contribution < -0.4 is 5.43 Å². The minimum Gasteiger partial charge on any atom is -0.366 e.